The highest BCUT2D eigenvalue weighted by atomic mass is 32.2. The number of rotatable bonds is 6. The van der Waals surface area contributed by atoms with Gasteiger partial charge in [-0.3, -0.25) is 9.40 Å². The van der Waals surface area contributed by atoms with Crippen LogP contribution in [-0.2, 0) is 23.5 Å². The Kier molecular flexibility index (Phi) is 4.09. The van der Waals surface area contributed by atoms with E-state index in [0.717, 1.165) is 9.56 Å². The van der Waals surface area contributed by atoms with Crippen molar-refractivity contribution < 1.29 is 18.3 Å². The summed E-state index contributed by atoms with van der Waals surface area (Å²) in [5.74, 6) is -1.34. The molecule has 0 aliphatic carbocycles. The average Bonchev–Trinajstić information content (AvgIpc) is 2.96. The predicted molar refractivity (Wildman–Crippen MR) is 75.6 cm³/mol. The number of anilines is 1. The maximum absolute atomic E-state index is 11.9. The zero-order valence-corrected chi connectivity index (χ0v) is 12.2. The number of aryl methyl sites for hydroxylation is 2. The van der Waals surface area contributed by atoms with Gasteiger partial charge in [0.1, 0.15) is 5.69 Å². The van der Waals surface area contributed by atoms with E-state index in [1.165, 1.54) is 24.6 Å². The number of aromatic carboxylic acids is 1. The third-order valence-electron chi connectivity index (χ3n) is 2.60. The number of thiophene rings is 1. The fourth-order valence-corrected chi connectivity index (χ4v) is 3.59. The zero-order valence-electron chi connectivity index (χ0n) is 10.6. The summed E-state index contributed by atoms with van der Waals surface area (Å²) in [5, 5.41) is 14.6. The van der Waals surface area contributed by atoms with E-state index in [2.05, 4.69) is 9.82 Å². The number of sulfonamides is 1. The third kappa shape index (κ3) is 3.36. The summed E-state index contributed by atoms with van der Waals surface area (Å²) >= 11 is 1.48. The lowest BCUT2D eigenvalue weighted by molar-refractivity contribution is 0.0686. The van der Waals surface area contributed by atoms with E-state index in [4.69, 9.17) is 5.11 Å². The minimum atomic E-state index is -3.61. The molecule has 108 valence electrons. The van der Waals surface area contributed by atoms with Gasteiger partial charge >= 0.3 is 5.97 Å². The largest absolute Gasteiger partial charge is 0.476 e. The Hall–Kier alpha value is -1.87. The van der Waals surface area contributed by atoms with E-state index in [9.17, 15) is 13.2 Å². The lowest BCUT2D eigenvalue weighted by Gasteiger charge is -2.06. The smallest absolute Gasteiger partial charge is 0.356 e. The molecule has 0 unspecified atom stereocenters. The molecule has 0 atom stereocenters. The molecule has 2 heterocycles. The van der Waals surface area contributed by atoms with Gasteiger partial charge in [0.2, 0.25) is 10.0 Å². The van der Waals surface area contributed by atoms with Gasteiger partial charge in [0.25, 0.3) is 0 Å². The van der Waals surface area contributed by atoms with Crippen molar-refractivity contribution >= 4 is 33.0 Å². The maximum atomic E-state index is 11.9. The molecule has 0 fully saturated rings. The molecule has 2 N–H and O–H groups in total. The number of hydrogen-bond donors (Lipinski definition) is 2. The van der Waals surface area contributed by atoms with Crippen LogP contribution in [0.2, 0.25) is 0 Å². The van der Waals surface area contributed by atoms with Crippen molar-refractivity contribution in [3.8, 4) is 0 Å². The minimum Gasteiger partial charge on any atom is -0.476 e. The molecule has 7 nitrogen and oxygen atoms in total. The standard InChI is InChI=1S/C11H13N3O4S2/c1-14-10(11(15)16)9(7-12-14)13-20(17,18)6-4-8-3-2-5-19-8/h2-3,5,7,13H,4,6H2,1H3,(H,15,16). The first-order chi connectivity index (χ1) is 9.39. The Balaban J connectivity index is 2.10. The third-order valence-corrected chi connectivity index (χ3v) is 4.81. The summed E-state index contributed by atoms with van der Waals surface area (Å²) in [6, 6.07) is 3.70. The Morgan fingerprint density at radius 3 is 2.90 bits per heavy atom. The second kappa shape index (κ2) is 5.63. The number of carboxylic acids is 1. The van der Waals surface area contributed by atoms with Crippen LogP contribution in [0.1, 0.15) is 15.4 Å². The van der Waals surface area contributed by atoms with Crippen molar-refractivity contribution in [3.63, 3.8) is 0 Å². The van der Waals surface area contributed by atoms with Crippen molar-refractivity contribution in [2.24, 2.45) is 7.05 Å². The second-order valence-corrected chi connectivity index (χ2v) is 6.96. The monoisotopic (exact) mass is 315 g/mol. The van der Waals surface area contributed by atoms with Gasteiger partial charge in [-0.05, 0) is 17.9 Å². The Morgan fingerprint density at radius 2 is 2.30 bits per heavy atom. The van der Waals surface area contributed by atoms with E-state index < -0.39 is 16.0 Å². The molecule has 0 amide bonds. The highest BCUT2D eigenvalue weighted by Crippen LogP contribution is 2.17. The molecule has 9 heteroatoms. The van der Waals surface area contributed by atoms with Crippen LogP contribution in [-0.4, -0.2) is 35.0 Å². The molecule has 0 spiro atoms. The van der Waals surface area contributed by atoms with Crippen LogP contribution in [0.5, 0.6) is 0 Å². The van der Waals surface area contributed by atoms with Crippen LogP contribution < -0.4 is 4.72 Å². The summed E-state index contributed by atoms with van der Waals surface area (Å²) in [6.07, 6.45) is 1.57. The lowest BCUT2D eigenvalue weighted by atomic mass is 10.4. The van der Waals surface area contributed by atoms with Crippen LogP contribution in [0, 0.1) is 0 Å². The molecule has 2 aromatic heterocycles. The normalized spacial score (nSPS) is 11.4. The topological polar surface area (TPSA) is 101 Å². The van der Waals surface area contributed by atoms with Crippen molar-refractivity contribution in [2.75, 3.05) is 10.5 Å². The molecular formula is C11H13N3O4S2. The lowest BCUT2D eigenvalue weighted by Crippen LogP contribution is -2.19. The van der Waals surface area contributed by atoms with E-state index in [1.54, 1.807) is 0 Å². The van der Waals surface area contributed by atoms with Crippen LogP contribution in [0.3, 0.4) is 0 Å². The second-order valence-electron chi connectivity index (χ2n) is 4.09. The molecule has 20 heavy (non-hydrogen) atoms. The SMILES string of the molecule is Cn1ncc(NS(=O)(=O)CCc2cccs2)c1C(=O)O. The van der Waals surface area contributed by atoms with Gasteiger partial charge in [0.05, 0.1) is 11.9 Å². The molecule has 0 radical (unpaired) electrons. The van der Waals surface area contributed by atoms with E-state index in [1.807, 2.05) is 17.5 Å². The van der Waals surface area contributed by atoms with Gasteiger partial charge in [-0.25, -0.2) is 13.2 Å². The first kappa shape index (κ1) is 14.5. The summed E-state index contributed by atoms with van der Waals surface area (Å²) in [4.78, 5) is 12.0. The highest BCUT2D eigenvalue weighted by molar-refractivity contribution is 7.92. The van der Waals surface area contributed by atoms with Gasteiger partial charge in [-0.15, -0.1) is 11.3 Å². The average molecular weight is 315 g/mol. The molecule has 0 bridgehead atoms. The maximum Gasteiger partial charge on any atom is 0.356 e. The van der Waals surface area contributed by atoms with Crippen molar-refractivity contribution in [2.45, 2.75) is 6.42 Å². The van der Waals surface area contributed by atoms with Gasteiger partial charge in [-0.1, -0.05) is 6.07 Å². The Labute approximate surface area is 119 Å². The van der Waals surface area contributed by atoms with Gasteiger partial charge in [-0.2, -0.15) is 5.10 Å². The molecule has 0 aliphatic heterocycles. The van der Waals surface area contributed by atoms with Gasteiger partial charge in [0.15, 0.2) is 5.69 Å². The van der Waals surface area contributed by atoms with E-state index in [0.29, 0.717) is 6.42 Å². The molecule has 2 aromatic rings. The minimum absolute atomic E-state index is 0.0221. The molecule has 0 saturated heterocycles. The summed E-state index contributed by atoms with van der Waals surface area (Å²) in [5.41, 5.74) is -0.212. The first-order valence-corrected chi connectivity index (χ1v) is 8.20. The Morgan fingerprint density at radius 1 is 1.55 bits per heavy atom. The van der Waals surface area contributed by atoms with Crippen LogP contribution in [0.4, 0.5) is 5.69 Å². The zero-order chi connectivity index (χ0) is 14.8. The van der Waals surface area contributed by atoms with Crippen molar-refractivity contribution in [1.29, 1.82) is 0 Å². The van der Waals surface area contributed by atoms with Crippen LogP contribution in [0.25, 0.3) is 0 Å². The number of carbonyl (C=O) groups is 1. The summed E-state index contributed by atoms with van der Waals surface area (Å²) in [6.45, 7) is 0. The molecule has 2 rings (SSSR count). The summed E-state index contributed by atoms with van der Waals surface area (Å²) in [7, 11) is -2.18. The molecule has 0 aliphatic rings. The quantitative estimate of drug-likeness (QED) is 0.833. The fraction of sp³-hybridized carbons (Fsp3) is 0.273. The molecular weight excluding hydrogens is 302 g/mol. The highest BCUT2D eigenvalue weighted by Gasteiger charge is 2.20. The number of hydrogen-bond acceptors (Lipinski definition) is 5. The van der Waals surface area contributed by atoms with Crippen molar-refractivity contribution in [3.05, 3.63) is 34.3 Å². The predicted octanol–water partition coefficient (Wildman–Crippen LogP) is 1.16. The van der Waals surface area contributed by atoms with Crippen molar-refractivity contribution in [1.82, 2.24) is 9.78 Å². The number of carboxylic acid groups (broad SMARTS) is 1. The van der Waals surface area contributed by atoms with Gasteiger partial charge in [0, 0.05) is 11.9 Å². The number of nitrogens with one attached hydrogen (secondary N) is 1. The van der Waals surface area contributed by atoms with E-state index in [-0.39, 0.29) is 17.1 Å². The van der Waals surface area contributed by atoms with Crippen LogP contribution in [0.15, 0.2) is 23.7 Å². The first-order valence-electron chi connectivity index (χ1n) is 5.67. The number of aromatic nitrogens is 2. The molecule has 0 aromatic carbocycles. The Bertz CT molecular complexity index is 704. The number of nitrogens with zero attached hydrogens (tertiary/aromatic N) is 2. The van der Waals surface area contributed by atoms with Crippen LogP contribution >= 0.6 is 11.3 Å². The summed E-state index contributed by atoms with van der Waals surface area (Å²) < 4.78 is 27.3. The van der Waals surface area contributed by atoms with E-state index >= 15 is 0 Å². The fourth-order valence-electron chi connectivity index (χ4n) is 1.67. The molecule has 0 saturated carbocycles. The van der Waals surface area contributed by atoms with Gasteiger partial charge < -0.3 is 5.11 Å².